The van der Waals surface area contributed by atoms with E-state index in [0.29, 0.717) is 22.6 Å². The number of carbonyl (C=O) groups is 2. The largest absolute Gasteiger partial charge is 0.323 e. The maximum Gasteiger partial charge on any atom is 0.323 e. The number of hydrogen-bond donors (Lipinski definition) is 3. The van der Waals surface area contributed by atoms with Crippen molar-refractivity contribution in [2.24, 2.45) is 0 Å². The van der Waals surface area contributed by atoms with Crippen LogP contribution in [0.4, 0.5) is 21.9 Å². The van der Waals surface area contributed by atoms with Gasteiger partial charge in [-0.25, -0.2) is 4.79 Å². The van der Waals surface area contributed by atoms with Crippen molar-refractivity contribution in [2.45, 2.75) is 6.92 Å². The van der Waals surface area contributed by atoms with Gasteiger partial charge < -0.3 is 16.0 Å². The van der Waals surface area contributed by atoms with E-state index < -0.39 is 0 Å². The summed E-state index contributed by atoms with van der Waals surface area (Å²) in [6.45, 7) is 1.93. The highest BCUT2D eigenvalue weighted by Crippen LogP contribution is 2.22. The molecule has 0 radical (unpaired) electrons. The van der Waals surface area contributed by atoms with Crippen LogP contribution >= 0.6 is 0 Å². The molecular weight excluding hydrogens is 326 g/mol. The fourth-order valence-electron chi connectivity index (χ4n) is 2.49. The zero-order chi connectivity index (χ0) is 18.4. The van der Waals surface area contributed by atoms with E-state index in [1.54, 1.807) is 42.5 Å². The number of rotatable bonds is 4. The normalized spacial score (nSPS) is 10.0. The van der Waals surface area contributed by atoms with Crippen LogP contribution in [0.25, 0.3) is 0 Å². The van der Waals surface area contributed by atoms with Crippen LogP contribution < -0.4 is 16.0 Å². The second-order valence-electron chi connectivity index (χ2n) is 5.81. The predicted octanol–water partition coefficient (Wildman–Crippen LogP) is 4.89. The summed E-state index contributed by atoms with van der Waals surface area (Å²) >= 11 is 0. The molecule has 0 heterocycles. The Balaban J connectivity index is 1.71. The molecule has 3 aromatic carbocycles. The van der Waals surface area contributed by atoms with Gasteiger partial charge in [0.1, 0.15) is 0 Å². The van der Waals surface area contributed by atoms with Gasteiger partial charge in [0.15, 0.2) is 0 Å². The number of aryl methyl sites for hydroxylation is 1. The molecule has 0 aliphatic carbocycles. The second kappa shape index (κ2) is 7.98. The lowest BCUT2D eigenvalue weighted by atomic mass is 10.1. The van der Waals surface area contributed by atoms with Gasteiger partial charge in [-0.15, -0.1) is 0 Å². The number of urea groups is 1. The van der Waals surface area contributed by atoms with Gasteiger partial charge in [0.05, 0.1) is 11.4 Å². The molecule has 3 aromatic rings. The summed E-state index contributed by atoms with van der Waals surface area (Å²) in [5.41, 5.74) is 3.30. The highest BCUT2D eigenvalue weighted by molar-refractivity contribution is 6.08. The molecule has 0 saturated heterocycles. The lowest BCUT2D eigenvalue weighted by molar-refractivity contribution is 0.102. The topological polar surface area (TPSA) is 70.2 Å². The van der Waals surface area contributed by atoms with Crippen LogP contribution in [0.5, 0.6) is 0 Å². The van der Waals surface area contributed by atoms with Gasteiger partial charge in [-0.2, -0.15) is 0 Å². The molecule has 5 heteroatoms. The summed E-state index contributed by atoms with van der Waals surface area (Å²) in [7, 11) is 0. The molecular formula is C21H19N3O2. The van der Waals surface area contributed by atoms with Crippen molar-refractivity contribution in [1.82, 2.24) is 0 Å². The van der Waals surface area contributed by atoms with Crippen molar-refractivity contribution in [1.29, 1.82) is 0 Å². The molecule has 0 bridgehead atoms. The minimum Gasteiger partial charge on any atom is -0.320 e. The number of para-hydroxylation sites is 3. The lowest BCUT2D eigenvalue weighted by Crippen LogP contribution is -2.21. The molecule has 3 rings (SSSR count). The van der Waals surface area contributed by atoms with Crippen molar-refractivity contribution < 1.29 is 9.59 Å². The molecule has 5 nitrogen and oxygen atoms in total. The monoisotopic (exact) mass is 345 g/mol. The van der Waals surface area contributed by atoms with Crippen LogP contribution in [0, 0.1) is 6.92 Å². The number of hydrogen-bond acceptors (Lipinski definition) is 2. The van der Waals surface area contributed by atoms with Crippen LogP contribution in [-0.2, 0) is 0 Å². The molecule has 0 aliphatic heterocycles. The zero-order valence-electron chi connectivity index (χ0n) is 14.3. The third-order valence-corrected chi connectivity index (χ3v) is 3.74. The Morgan fingerprint density at radius 2 is 1.35 bits per heavy atom. The van der Waals surface area contributed by atoms with Gasteiger partial charge in [-0.3, -0.25) is 4.79 Å². The van der Waals surface area contributed by atoms with E-state index in [2.05, 4.69) is 16.0 Å². The molecule has 0 atom stereocenters. The van der Waals surface area contributed by atoms with Gasteiger partial charge in [0.2, 0.25) is 0 Å². The first-order valence-corrected chi connectivity index (χ1v) is 8.22. The van der Waals surface area contributed by atoms with E-state index in [1.807, 2.05) is 43.3 Å². The summed E-state index contributed by atoms with van der Waals surface area (Å²) < 4.78 is 0. The van der Waals surface area contributed by atoms with E-state index >= 15 is 0 Å². The Kier molecular flexibility index (Phi) is 5.29. The highest BCUT2D eigenvalue weighted by Gasteiger charge is 2.11. The average Bonchev–Trinajstić information content (AvgIpc) is 2.64. The van der Waals surface area contributed by atoms with Crippen LogP contribution in [0.3, 0.4) is 0 Å². The van der Waals surface area contributed by atoms with Gasteiger partial charge in [-0.1, -0.05) is 48.0 Å². The summed E-state index contributed by atoms with van der Waals surface area (Å²) in [4.78, 5) is 24.7. The third kappa shape index (κ3) is 4.48. The SMILES string of the molecule is Cc1cccc(C(=O)Nc2ccccc2NC(=O)Nc2ccccc2)c1. The Morgan fingerprint density at radius 1 is 0.692 bits per heavy atom. The zero-order valence-corrected chi connectivity index (χ0v) is 14.3. The molecule has 0 aliphatic rings. The number of carbonyl (C=O) groups excluding carboxylic acids is 2. The van der Waals surface area contributed by atoms with Crippen LogP contribution in [0.15, 0.2) is 78.9 Å². The van der Waals surface area contributed by atoms with E-state index in [4.69, 9.17) is 0 Å². The minimum absolute atomic E-state index is 0.230. The van der Waals surface area contributed by atoms with Crippen molar-refractivity contribution in [3.05, 3.63) is 90.0 Å². The van der Waals surface area contributed by atoms with Gasteiger partial charge in [0, 0.05) is 11.3 Å². The van der Waals surface area contributed by atoms with Crippen molar-refractivity contribution >= 4 is 29.0 Å². The first-order chi connectivity index (χ1) is 12.6. The Bertz CT molecular complexity index is 923. The van der Waals surface area contributed by atoms with E-state index in [0.717, 1.165) is 5.56 Å². The van der Waals surface area contributed by atoms with Crippen molar-refractivity contribution in [3.63, 3.8) is 0 Å². The summed E-state index contributed by atoms with van der Waals surface area (Å²) in [5.74, 6) is -0.230. The minimum atomic E-state index is -0.381. The average molecular weight is 345 g/mol. The molecule has 0 saturated carbocycles. The molecule has 0 fully saturated rings. The smallest absolute Gasteiger partial charge is 0.320 e. The Hall–Kier alpha value is -3.60. The molecule has 26 heavy (non-hydrogen) atoms. The first kappa shape index (κ1) is 17.2. The number of benzene rings is 3. The van der Waals surface area contributed by atoms with Gasteiger partial charge >= 0.3 is 6.03 Å². The number of amides is 3. The first-order valence-electron chi connectivity index (χ1n) is 8.22. The Morgan fingerprint density at radius 3 is 2.04 bits per heavy atom. The van der Waals surface area contributed by atoms with Crippen molar-refractivity contribution in [3.8, 4) is 0 Å². The predicted molar refractivity (Wildman–Crippen MR) is 105 cm³/mol. The number of anilines is 3. The van der Waals surface area contributed by atoms with E-state index in [9.17, 15) is 9.59 Å². The second-order valence-corrected chi connectivity index (χ2v) is 5.81. The fraction of sp³-hybridized carbons (Fsp3) is 0.0476. The van der Waals surface area contributed by atoms with E-state index in [1.165, 1.54) is 0 Å². The molecule has 0 unspecified atom stereocenters. The number of nitrogens with one attached hydrogen (secondary N) is 3. The van der Waals surface area contributed by atoms with Crippen molar-refractivity contribution in [2.75, 3.05) is 16.0 Å². The van der Waals surface area contributed by atoms with Crippen LogP contribution in [0.1, 0.15) is 15.9 Å². The maximum atomic E-state index is 12.5. The molecule has 130 valence electrons. The van der Waals surface area contributed by atoms with Gasteiger partial charge in [-0.05, 0) is 43.3 Å². The summed E-state index contributed by atoms with van der Waals surface area (Å²) in [5, 5.41) is 8.35. The molecule has 0 spiro atoms. The maximum absolute atomic E-state index is 12.5. The molecule has 3 amide bonds. The standard InChI is InChI=1S/C21H19N3O2/c1-15-8-7-9-16(14-15)20(25)23-18-12-5-6-13-19(18)24-21(26)22-17-10-3-2-4-11-17/h2-14H,1H3,(H,23,25)(H2,22,24,26). The van der Waals surface area contributed by atoms with Gasteiger partial charge in [0.25, 0.3) is 5.91 Å². The highest BCUT2D eigenvalue weighted by atomic mass is 16.2. The molecule has 0 aromatic heterocycles. The Labute approximate surface area is 152 Å². The quantitative estimate of drug-likeness (QED) is 0.630. The van der Waals surface area contributed by atoms with Crippen LogP contribution in [0.2, 0.25) is 0 Å². The van der Waals surface area contributed by atoms with Crippen LogP contribution in [-0.4, -0.2) is 11.9 Å². The fourth-order valence-corrected chi connectivity index (χ4v) is 2.49. The summed E-state index contributed by atoms with van der Waals surface area (Å²) in [6, 6.07) is 23.2. The lowest BCUT2D eigenvalue weighted by Gasteiger charge is -2.13. The third-order valence-electron chi connectivity index (χ3n) is 3.74. The van der Waals surface area contributed by atoms with E-state index in [-0.39, 0.29) is 11.9 Å². The molecule has 3 N–H and O–H groups in total. The summed E-state index contributed by atoms with van der Waals surface area (Å²) in [6.07, 6.45) is 0.